The number of fused-ring (bicyclic) bond motifs is 1. The second kappa shape index (κ2) is 5.42. The van der Waals surface area contributed by atoms with E-state index in [2.05, 4.69) is 33.9 Å². The summed E-state index contributed by atoms with van der Waals surface area (Å²) in [5.41, 5.74) is 0. The molecule has 0 spiro atoms. The predicted octanol–water partition coefficient (Wildman–Crippen LogP) is 2.70. The minimum Gasteiger partial charge on any atom is -0.414 e. The van der Waals surface area contributed by atoms with Gasteiger partial charge in [0.2, 0.25) is 0 Å². The Hall–Kier alpha value is -0.273. The van der Waals surface area contributed by atoms with Crippen LogP contribution in [0.25, 0.3) is 0 Å². The normalized spacial score (nSPS) is 35.8. The van der Waals surface area contributed by atoms with Crippen LogP contribution in [-0.2, 0) is 23.4 Å². The molecule has 5 nitrogen and oxygen atoms in total. The number of rotatable bonds is 4. The summed E-state index contributed by atoms with van der Waals surface area (Å²) in [6.07, 6.45) is -0.175. The lowest BCUT2D eigenvalue weighted by molar-refractivity contribution is -0.211. The minimum absolute atomic E-state index is 0.132. The lowest BCUT2D eigenvalue weighted by Gasteiger charge is -2.37. The van der Waals surface area contributed by atoms with Crippen LogP contribution in [0.4, 0.5) is 0 Å². The number of ether oxygens (including phenoxy) is 3. The summed E-state index contributed by atoms with van der Waals surface area (Å²) in [6.45, 7) is 15.0. The molecule has 0 aromatic rings. The number of aldehydes is 1. The predicted molar refractivity (Wildman–Crippen MR) is 81.4 cm³/mol. The zero-order valence-corrected chi connectivity index (χ0v) is 15.1. The van der Waals surface area contributed by atoms with E-state index < -0.39 is 20.4 Å². The van der Waals surface area contributed by atoms with E-state index in [0.29, 0.717) is 6.61 Å². The topological polar surface area (TPSA) is 54.0 Å². The van der Waals surface area contributed by atoms with Gasteiger partial charge in [-0.25, -0.2) is 0 Å². The van der Waals surface area contributed by atoms with Crippen molar-refractivity contribution in [3.05, 3.63) is 0 Å². The molecule has 2 fully saturated rings. The van der Waals surface area contributed by atoms with Crippen molar-refractivity contribution >= 4 is 14.6 Å². The van der Waals surface area contributed by atoms with Crippen molar-refractivity contribution in [2.75, 3.05) is 6.61 Å². The fourth-order valence-electron chi connectivity index (χ4n) is 2.42. The highest BCUT2D eigenvalue weighted by Gasteiger charge is 2.55. The van der Waals surface area contributed by atoms with E-state index in [1.54, 1.807) is 0 Å². The van der Waals surface area contributed by atoms with Crippen molar-refractivity contribution in [3.8, 4) is 0 Å². The first kappa shape index (κ1) is 17.1. The zero-order valence-electron chi connectivity index (χ0n) is 14.1. The molecule has 6 heteroatoms. The summed E-state index contributed by atoms with van der Waals surface area (Å²) in [4.78, 5) is 11.4. The first-order valence-corrected chi connectivity index (χ1v) is 10.5. The van der Waals surface area contributed by atoms with Crippen LogP contribution in [0, 0.1) is 5.92 Å². The van der Waals surface area contributed by atoms with Gasteiger partial charge in [-0.3, -0.25) is 0 Å². The fraction of sp³-hybridized carbons (Fsp3) is 0.933. The van der Waals surface area contributed by atoms with Crippen LogP contribution >= 0.6 is 0 Å². The third kappa shape index (κ3) is 3.40. The largest absolute Gasteiger partial charge is 0.414 e. The van der Waals surface area contributed by atoms with E-state index in [4.69, 9.17) is 18.6 Å². The molecule has 2 aliphatic heterocycles. The summed E-state index contributed by atoms with van der Waals surface area (Å²) in [6, 6.07) is 0. The standard InChI is InChI=1S/C15H28O5Si/c1-14(2,3)21(6,7)17-9-11-10(8-16)12-13(18-11)20-15(4,5)19-12/h8,10-13H,9H2,1-7H3. The zero-order chi connectivity index (χ0) is 16.1. The highest BCUT2D eigenvalue weighted by Crippen LogP contribution is 2.41. The lowest BCUT2D eigenvalue weighted by atomic mass is 10.0. The highest BCUT2D eigenvalue weighted by molar-refractivity contribution is 6.74. The molecule has 2 saturated heterocycles. The Balaban J connectivity index is 1.99. The molecule has 0 saturated carbocycles. The van der Waals surface area contributed by atoms with Gasteiger partial charge in [0, 0.05) is 0 Å². The summed E-state index contributed by atoms with van der Waals surface area (Å²) in [7, 11) is -1.86. The van der Waals surface area contributed by atoms with E-state index in [1.165, 1.54) is 0 Å². The molecule has 0 radical (unpaired) electrons. The average Bonchev–Trinajstić information content (AvgIpc) is 2.76. The van der Waals surface area contributed by atoms with Gasteiger partial charge in [0.15, 0.2) is 20.4 Å². The maximum absolute atomic E-state index is 11.4. The molecule has 0 aromatic heterocycles. The van der Waals surface area contributed by atoms with E-state index in [9.17, 15) is 4.79 Å². The van der Waals surface area contributed by atoms with Crippen LogP contribution in [0.5, 0.6) is 0 Å². The third-order valence-corrected chi connectivity index (χ3v) is 9.28. The molecule has 0 aliphatic carbocycles. The maximum Gasteiger partial charge on any atom is 0.192 e. The summed E-state index contributed by atoms with van der Waals surface area (Å²) >= 11 is 0. The molecule has 21 heavy (non-hydrogen) atoms. The van der Waals surface area contributed by atoms with Crippen LogP contribution < -0.4 is 0 Å². The van der Waals surface area contributed by atoms with Crippen LogP contribution in [0.15, 0.2) is 0 Å². The Morgan fingerprint density at radius 3 is 2.38 bits per heavy atom. The van der Waals surface area contributed by atoms with Gasteiger partial charge in [-0.05, 0) is 32.0 Å². The third-order valence-electron chi connectivity index (χ3n) is 4.78. The van der Waals surface area contributed by atoms with E-state index in [-0.39, 0.29) is 23.2 Å². The molecule has 4 unspecified atom stereocenters. The van der Waals surface area contributed by atoms with Crippen molar-refractivity contribution in [3.63, 3.8) is 0 Å². The van der Waals surface area contributed by atoms with Gasteiger partial charge in [0.05, 0.1) is 18.6 Å². The van der Waals surface area contributed by atoms with Gasteiger partial charge in [0.25, 0.3) is 0 Å². The van der Waals surface area contributed by atoms with Crippen molar-refractivity contribution in [1.29, 1.82) is 0 Å². The van der Waals surface area contributed by atoms with E-state index in [0.717, 1.165) is 6.29 Å². The van der Waals surface area contributed by atoms with E-state index >= 15 is 0 Å². The summed E-state index contributed by atoms with van der Waals surface area (Å²) in [5, 5.41) is 0.132. The first-order chi connectivity index (χ1) is 9.47. The smallest absolute Gasteiger partial charge is 0.192 e. The van der Waals surface area contributed by atoms with Crippen molar-refractivity contribution in [2.24, 2.45) is 5.92 Å². The molecule has 4 atom stereocenters. The van der Waals surface area contributed by atoms with Crippen molar-refractivity contribution in [2.45, 2.75) is 77.0 Å². The lowest BCUT2D eigenvalue weighted by Crippen LogP contribution is -2.44. The Bertz CT molecular complexity index is 401. The van der Waals surface area contributed by atoms with Crippen molar-refractivity contribution in [1.82, 2.24) is 0 Å². The molecule has 0 N–H and O–H groups in total. The molecule has 0 amide bonds. The van der Waals surface area contributed by atoms with Gasteiger partial charge in [-0.1, -0.05) is 20.8 Å². The molecule has 2 rings (SSSR count). The van der Waals surface area contributed by atoms with Crippen LogP contribution in [-0.4, -0.2) is 45.5 Å². The first-order valence-electron chi connectivity index (χ1n) is 7.57. The van der Waals surface area contributed by atoms with Gasteiger partial charge in [-0.15, -0.1) is 0 Å². The minimum atomic E-state index is -1.86. The quantitative estimate of drug-likeness (QED) is 0.589. The second-order valence-electron chi connectivity index (χ2n) is 7.93. The molecule has 0 aromatic carbocycles. The molecule has 2 aliphatic rings. The van der Waals surface area contributed by atoms with Crippen LogP contribution in [0.1, 0.15) is 34.6 Å². The molecule has 2 heterocycles. The van der Waals surface area contributed by atoms with Gasteiger partial charge >= 0.3 is 0 Å². The number of hydrogen-bond acceptors (Lipinski definition) is 5. The molecule has 0 bridgehead atoms. The Morgan fingerprint density at radius 1 is 1.24 bits per heavy atom. The molecular formula is C15H28O5Si. The Labute approximate surface area is 128 Å². The summed E-state index contributed by atoms with van der Waals surface area (Å²) < 4.78 is 23.5. The van der Waals surface area contributed by atoms with Crippen LogP contribution in [0.2, 0.25) is 18.1 Å². The second-order valence-corrected chi connectivity index (χ2v) is 12.7. The van der Waals surface area contributed by atoms with Gasteiger partial charge in [-0.2, -0.15) is 0 Å². The van der Waals surface area contributed by atoms with Gasteiger partial charge in [0.1, 0.15) is 12.4 Å². The van der Waals surface area contributed by atoms with E-state index in [1.807, 2.05) is 13.8 Å². The summed E-state index contributed by atoms with van der Waals surface area (Å²) in [5.74, 6) is -1.02. The van der Waals surface area contributed by atoms with Gasteiger partial charge < -0.3 is 23.4 Å². The monoisotopic (exact) mass is 316 g/mol. The Morgan fingerprint density at radius 2 is 1.86 bits per heavy atom. The fourth-order valence-corrected chi connectivity index (χ4v) is 3.43. The van der Waals surface area contributed by atoms with Crippen molar-refractivity contribution < 1.29 is 23.4 Å². The molecular weight excluding hydrogens is 288 g/mol. The van der Waals surface area contributed by atoms with Crippen LogP contribution in [0.3, 0.4) is 0 Å². The SMILES string of the molecule is CC1(C)OC2OC(CO[Si](C)(C)C(C)(C)C)C(C=O)C2O1. The number of carbonyl (C=O) groups is 1. The highest BCUT2D eigenvalue weighted by atomic mass is 28.4. The molecule has 122 valence electrons. The number of carbonyl (C=O) groups excluding carboxylic acids is 1. The number of hydrogen-bond donors (Lipinski definition) is 0. The Kier molecular flexibility index (Phi) is 4.41. The maximum atomic E-state index is 11.4. The average molecular weight is 316 g/mol.